The molecular formula is C12H14F2N2OS2. The topological polar surface area (TPSA) is 38.1 Å². The second kappa shape index (κ2) is 7.02. The first-order chi connectivity index (χ1) is 9.13. The van der Waals surface area contributed by atoms with Crippen molar-refractivity contribution in [3.05, 3.63) is 39.7 Å². The second-order valence-electron chi connectivity index (χ2n) is 3.89. The van der Waals surface area contributed by atoms with Gasteiger partial charge < -0.3 is 9.73 Å². The van der Waals surface area contributed by atoms with Crippen molar-refractivity contribution in [2.24, 2.45) is 0 Å². The lowest BCUT2D eigenvalue weighted by molar-refractivity contribution is 0.251. The van der Waals surface area contributed by atoms with Gasteiger partial charge in [0.15, 0.2) is 0 Å². The van der Waals surface area contributed by atoms with Gasteiger partial charge in [0.25, 0.3) is 5.76 Å². The van der Waals surface area contributed by atoms with Crippen LogP contribution in [0.2, 0.25) is 0 Å². The van der Waals surface area contributed by atoms with Crippen LogP contribution in [-0.2, 0) is 18.8 Å². The molecule has 104 valence electrons. The molecule has 0 aliphatic rings. The van der Waals surface area contributed by atoms with E-state index < -0.39 is 5.76 Å². The highest BCUT2D eigenvalue weighted by atomic mass is 32.2. The lowest BCUT2D eigenvalue weighted by Gasteiger charge is -2.00. The largest absolute Gasteiger partial charge is 0.464 e. The van der Waals surface area contributed by atoms with Crippen LogP contribution >= 0.6 is 23.1 Å². The Morgan fingerprint density at radius 2 is 2.16 bits per heavy atom. The molecule has 0 atom stereocenters. The summed E-state index contributed by atoms with van der Waals surface area (Å²) in [6, 6.07) is 3.55. The highest BCUT2D eigenvalue weighted by molar-refractivity contribution is 7.98. The van der Waals surface area contributed by atoms with Crippen molar-refractivity contribution in [2.45, 2.75) is 31.5 Å². The molecule has 2 rings (SSSR count). The van der Waals surface area contributed by atoms with Crippen molar-refractivity contribution in [2.75, 3.05) is 0 Å². The maximum absolute atomic E-state index is 12.0. The number of rotatable bonds is 7. The summed E-state index contributed by atoms with van der Waals surface area (Å²) in [6.45, 7) is 3.28. The molecule has 2 aromatic heterocycles. The van der Waals surface area contributed by atoms with Crippen LogP contribution in [0.5, 0.6) is 0 Å². The summed E-state index contributed by atoms with van der Waals surface area (Å²) in [5.74, 6) is -0.825. The maximum Gasteiger partial charge on any atom is 0.284 e. The number of nitrogens with zero attached hydrogens (tertiary/aromatic N) is 1. The summed E-state index contributed by atoms with van der Waals surface area (Å²) in [7, 11) is 0. The van der Waals surface area contributed by atoms with E-state index in [-0.39, 0.29) is 5.75 Å². The van der Waals surface area contributed by atoms with Gasteiger partial charge in [-0.1, -0.05) is 11.8 Å². The van der Waals surface area contributed by atoms with E-state index in [1.807, 2.05) is 19.2 Å². The standard InChI is InChI=1S/C12H14F2N2OS2/c1-8-16-6-11(19-8)5-15-4-9-2-3-10(17-9)7-18-12(13)14/h2-3,6,12,15H,4-5,7H2,1H3. The fourth-order valence-electron chi connectivity index (χ4n) is 1.54. The lowest BCUT2D eigenvalue weighted by Crippen LogP contribution is -2.11. The molecule has 2 aromatic rings. The second-order valence-corrected chi connectivity index (χ2v) is 6.19. The first-order valence-electron chi connectivity index (χ1n) is 5.73. The summed E-state index contributed by atoms with van der Waals surface area (Å²) in [6.07, 6.45) is 1.85. The molecule has 0 bridgehead atoms. The molecule has 2 heterocycles. The molecule has 0 saturated carbocycles. The van der Waals surface area contributed by atoms with E-state index in [2.05, 4.69) is 10.3 Å². The number of hydrogen-bond donors (Lipinski definition) is 1. The van der Waals surface area contributed by atoms with Gasteiger partial charge in [0.2, 0.25) is 0 Å². The number of aryl methyl sites for hydroxylation is 1. The number of nitrogens with one attached hydrogen (secondary N) is 1. The predicted molar refractivity (Wildman–Crippen MR) is 73.4 cm³/mol. The van der Waals surface area contributed by atoms with Gasteiger partial charge in [-0.3, -0.25) is 0 Å². The third-order valence-corrected chi connectivity index (χ3v) is 3.95. The summed E-state index contributed by atoms with van der Waals surface area (Å²) in [5, 5.41) is 4.27. The van der Waals surface area contributed by atoms with E-state index in [0.29, 0.717) is 24.1 Å². The fraction of sp³-hybridized carbons (Fsp3) is 0.417. The molecule has 7 heteroatoms. The van der Waals surface area contributed by atoms with Gasteiger partial charge in [0.1, 0.15) is 11.5 Å². The Kier molecular flexibility index (Phi) is 5.35. The maximum atomic E-state index is 12.0. The molecule has 0 unspecified atom stereocenters. The summed E-state index contributed by atoms with van der Waals surface area (Å²) >= 11 is 2.22. The van der Waals surface area contributed by atoms with Gasteiger partial charge in [-0.15, -0.1) is 11.3 Å². The van der Waals surface area contributed by atoms with Gasteiger partial charge in [-0.05, 0) is 19.1 Å². The lowest BCUT2D eigenvalue weighted by atomic mass is 10.4. The summed E-state index contributed by atoms with van der Waals surface area (Å²) < 4.78 is 29.5. The van der Waals surface area contributed by atoms with Crippen molar-refractivity contribution < 1.29 is 13.2 Å². The average molecular weight is 304 g/mol. The molecule has 19 heavy (non-hydrogen) atoms. The van der Waals surface area contributed by atoms with Crippen LogP contribution in [0.25, 0.3) is 0 Å². The van der Waals surface area contributed by atoms with Crippen LogP contribution in [0.1, 0.15) is 21.4 Å². The van der Waals surface area contributed by atoms with E-state index in [1.54, 1.807) is 17.4 Å². The van der Waals surface area contributed by atoms with Crippen molar-refractivity contribution in [1.82, 2.24) is 10.3 Å². The molecule has 3 nitrogen and oxygen atoms in total. The van der Waals surface area contributed by atoms with Crippen LogP contribution in [0.3, 0.4) is 0 Å². The number of halogens is 2. The zero-order valence-corrected chi connectivity index (χ0v) is 12.0. The third kappa shape index (κ3) is 4.93. The molecule has 1 N–H and O–H groups in total. The quantitative estimate of drug-likeness (QED) is 0.844. The minimum Gasteiger partial charge on any atom is -0.464 e. The van der Waals surface area contributed by atoms with E-state index in [0.717, 1.165) is 22.2 Å². The van der Waals surface area contributed by atoms with Gasteiger partial charge in [-0.2, -0.15) is 8.78 Å². The predicted octanol–water partition coefficient (Wildman–Crippen LogP) is 3.79. The van der Waals surface area contributed by atoms with Crippen LogP contribution in [0, 0.1) is 6.92 Å². The highest BCUT2D eigenvalue weighted by Crippen LogP contribution is 2.21. The van der Waals surface area contributed by atoms with Crippen molar-refractivity contribution in [3.8, 4) is 0 Å². The minimum atomic E-state index is -2.36. The minimum absolute atomic E-state index is 0.200. The smallest absolute Gasteiger partial charge is 0.284 e. The van der Waals surface area contributed by atoms with Gasteiger partial charge in [0, 0.05) is 17.6 Å². The van der Waals surface area contributed by atoms with Gasteiger partial charge in [-0.25, -0.2) is 4.98 Å². The van der Waals surface area contributed by atoms with E-state index >= 15 is 0 Å². The zero-order valence-electron chi connectivity index (χ0n) is 10.4. The molecule has 0 aromatic carbocycles. The monoisotopic (exact) mass is 304 g/mol. The molecule has 0 aliphatic carbocycles. The van der Waals surface area contributed by atoms with Crippen LogP contribution in [0.15, 0.2) is 22.7 Å². The Balaban J connectivity index is 1.74. The van der Waals surface area contributed by atoms with E-state index in [9.17, 15) is 8.78 Å². The molecule has 0 aliphatic heterocycles. The first-order valence-corrected chi connectivity index (χ1v) is 7.59. The van der Waals surface area contributed by atoms with Gasteiger partial charge >= 0.3 is 0 Å². The van der Waals surface area contributed by atoms with E-state index in [1.165, 1.54) is 0 Å². The molecule has 0 saturated heterocycles. The molecule has 0 spiro atoms. The number of hydrogen-bond acceptors (Lipinski definition) is 5. The number of furan rings is 1. The summed E-state index contributed by atoms with van der Waals surface area (Å²) in [4.78, 5) is 5.33. The van der Waals surface area contributed by atoms with Crippen molar-refractivity contribution >= 4 is 23.1 Å². The Hall–Kier alpha value is -0.920. The number of alkyl halides is 2. The molecule has 0 radical (unpaired) electrons. The van der Waals surface area contributed by atoms with Crippen molar-refractivity contribution in [1.29, 1.82) is 0 Å². The van der Waals surface area contributed by atoms with E-state index in [4.69, 9.17) is 4.42 Å². The number of thiazole rings is 1. The Labute approximate surface area is 118 Å². The van der Waals surface area contributed by atoms with Gasteiger partial charge in [0.05, 0.1) is 17.3 Å². The Morgan fingerprint density at radius 3 is 2.84 bits per heavy atom. The zero-order chi connectivity index (χ0) is 13.7. The molecule has 0 amide bonds. The Morgan fingerprint density at radius 1 is 1.37 bits per heavy atom. The number of thioether (sulfide) groups is 1. The molecular weight excluding hydrogens is 290 g/mol. The highest BCUT2D eigenvalue weighted by Gasteiger charge is 2.07. The fourth-order valence-corrected chi connectivity index (χ4v) is 2.75. The third-order valence-electron chi connectivity index (χ3n) is 2.34. The summed E-state index contributed by atoms with van der Waals surface area (Å²) in [5.41, 5.74) is 0. The Bertz CT molecular complexity index is 513. The van der Waals surface area contributed by atoms with Crippen molar-refractivity contribution in [3.63, 3.8) is 0 Å². The average Bonchev–Trinajstić information content (AvgIpc) is 2.96. The number of aromatic nitrogens is 1. The SMILES string of the molecule is Cc1ncc(CNCc2ccc(CSC(F)F)o2)s1. The van der Waals surface area contributed by atoms with Crippen LogP contribution in [0.4, 0.5) is 8.78 Å². The normalized spacial score (nSPS) is 11.4. The van der Waals surface area contributed by atoms with Crippen LogP contribution in [-0.4, -0.2) is 10.7 Å². The first kappa shape index (κ1) is 14.5. The molecule has 0 fully saturated rings. The van der Waals surface area contributed by atoms with Crippen LogP contribution < -0.4 is 5.32 Å².